The van der Waals surface area contributed by atoms with Gasteiger partial charge in [0.1, 0.15) is 19.5 Å². The number of carbonyl (C=O) groups excluding carboxylic acids is 4. The first-order valence-corrected chi connectivity index (χ1v) is 22.9. The van der Waals surface area contributed by atoms with E-state index in [1.807, 2.05) is 6.92 Å². The summed E-state index contributed by atoms with van der Waals surface area (Å²) in [6, 6.07) is 0. The van der Waals surface area contributed by atoms with E-state index in [1.54, 1.807) is 0 Å². The zero-order valence-corrected chi connectivity index (χ0v) is 35.3. The molecule has 0 spiro atoms. The molecular weight excluding hydrogens is 664 g/mol. The lowest BCUT2D eigenvalue weighted by atomic mass is 10.0. The van der Waals surface area contributed by atoms with Gasteiger partial charge in [0.15, 0.2) is 6.10 Å². The maximum Gasteiger partial charge on any atom is 0.309 e. The van der Waals surface area contributed by atoms with Gasteiger partial charge in [-0.25, -0.2) is 0 Å². The SMILES string of the molecule is CCCCCCCCCCCCCCCC(=O)OCC(COC(=O)CCCCCCCCCCCCCCC)OC(=O)C(C)CCCCCCCC=O. The summed E-state index contributed by atoms with van der Waals surface area (Å²) in [4.78, 5) is 48.5. The Morgan fingerprint density at radius 1 is 0.453 bits per heavy atom. The minimum Gasteiger partial charge on any atom is -0.462 e. The zero-order valence-electron chi connectivity index (χ0n) is 35.3. The number of unbranched alkanes of at least 4 members (excludes halogenated alkanes) is 29. The Bertz CT molecular complexity index is 783. The van der Waals surface area contributed by atoms with Gasteiger partial charge in [-0.3, -0.25) is 14.4 Å². The Morgan fingerprint density at radius 3 is 1.13 bits per heavy atom. The van der Waals surface area contributed by atoms with Crippen LogP contribution in [-0.4, -0.2) is 43.5 Å². The molecule has 53 heavy (non-hydrogen) atoms. The maximum atomic E-state index is 12.9. The molecular formula is C46H86O7. The lowest BCUT2D eigenvalue weighted by Crippen LogP contribution is -2.32. The molecule has 7 nitrogen and oxygen atoms in total. The predicted octanol–water partition coefficient (Wildman–Crippen LogP) is 13.5. The van der Waals surface area contributed by atoms with Crippen LogP contribution in [0.3, 0.4) is 0 Å². The van der Waals surface area contributed by atoms with Crippen LogP contribution in [0, 0.1) is 5.92 Å². The molecule has 0 aromatic rings. The van der Waals surface area contributed by atoms with Crippen LogP contribution in [-0.2, 0) is 33.4 Å². The van der Waals surface area contributed by atoms with Crippen LogP contribution < -0.4 is 0 Å². The van der Waals surface area contributed by atoms with E-state index >= 15 is 0 Å². The van der Waals surface area contributed by atoms with Crippen molar-refractivity contribution in [2.75, 3.05) is 13.2 Å². The second kappa shape index (κ2) is 41.2. The molecule has 0 saturated heterocycles. The van der Waals surface area contributed by atoms with Crippen LogP contribution >= 0.6 is 0 Å². The summed E-state index contributed by atoms with van der Waals surface area (Å²) in [7, 11) is 0. The molecule has 0 heterocycles. The number of aldehydes is 1. The average molecular weight is 751 g/mol. The van der Waals surface area contributed by atoms with Crippen LogP contribution in [0.25, 0.3) is 0 Å². The molecule has 0 aliphatic heterocycles. The van der Waals surface area contributed by atoms with Crippen LogP contribution in [0.5, 0.6) is 0 Å². The average Bonchev–Trinajstić information content (AvgIpc) is 3.15. The maximum absolute atomic E-state index is 12.9. The fourth-order valence-corrected chi connectivity index (χ4v) is 6.81. The van der Waals surface area contributed by atoms with Crippen LogP contribution in [0.15, 0.2) is 0 Å². The Morgan fingerprint density at radius 2 is 0.774 bits per heavy atom. The second-order valence-corrected chi connectivity index (χ2v) is 15.8. The molecule has 0 saturated carbocycles. The van der Waals surface area contributed by atoms with E-state index in [0.29, 0.717) is 25.7 Å². The van der Waals surface area contributed by atoms with Gasteiger partial charge in [-0.05, 0) is 25.7 Å². The van der Waals surface area contributed by atoms with E-state index in [1.165, 1.54) is 128 Å². The Hall–Kier alpha value is -1.92. The number of esters is 3. The van der Waals surface area contributed by atoms with Gasteiger partial charge in [-0.2, -0.15) is 0 Å². The highest BCUT2D eigenvalue weighted by molar-refractivity contribution is 5.72. The van der Waals surface area contributed by atoms with Crippen molar-refractivity contribution in [3.63, 3.8) is 0 Å². The van der Waals surface area contributed by atoms with Crippen LogP contribution in [0.1, 0.15) is 245 Å². The predicted molar refractivity (Wildman–Crippen MR) is 220 cm³/mol. The standard InChI is InChI=1S/C46H86O7/c1-4-6-8-10-12-14-16-18-20-22-24-29-33-37-44(48)51-40-43(53-46(50)42(3)36-32-28-26-27-31-35-39-47)41-52-45(49)38-34-30-25-23-21-19-17-15-13-11-9-7-5-2/h39,42-43H,4-38,40-41H2,1-3H3. The van der Waals surface area contributed by atoms with Crippen molar-refractivity contribution < 1.29 is 33.4 Å². The van der Waals surface area contributed by atoms with Gasteiger partial charge in [0.2, 0.25) is 0 Å². The summed E-state index contributed by atoms with van der Waals surface area (Å²) in [6.07, 6.45) is 39.5. The third-order valence-electron chi connectivity index (χ3n) is 10.5. The van der Waals surface area contributed by atoms with Crippen LogP contribution in [0.2, 0.25) is 0 Å². The molecule has 1 unspecified atom stereocenters. The topological polar surface area (TPSA) is 96.0 Å². The third kappa shape index (κ3) is 38.2. The molecule has 0 aliphatic rings. The van der Waals surface area contributed by atoms with E-state index in [0.717, 1.165) is 76.9 Å². The molecule has 0 bridgehead atoms. The smallest absolute Gasteiger partial charge is 0.309 e. The number of carbonyl (C=O) groups is 4. The molecule has 0 aromatic carbocycles. The quantitative estimate of drug-likeness (QED) is 0.0265. The fraction of sp³-hybridized carbons (Fsp3) is 0.913. The van der Waals surface area contributed by atoms with Crippen molar-refractivity contribution in [2.45, 2.75) is 252 Å². The van der Waals surface area contributed by atoms with Gasteiger partial charge in [-0.1, -0.05) is 201 Å². The normalized spacial score (nSPS) is 11.8. The summed E-state index contributed by atoms with van der Waals surface area (Å²) < 4.78 is 16.8. The second-order valence-electron chi connectivity index (χ2n) is 15.8. The number of hydrogen-bond acceptors (Lipinski definition) is 7. The molecule has 0 fully saturated rings. The van der Waals surface area contributed by atoms with E-state index in [-0.39, 0.29) is 37.0 Å². The van der Waals surface area contributed by atoms with Crippen molar-refractivity contribution in [3.8, 4) is 0 Å². The Labute approximate surface area is 327 Å². The molecule has 0 amide bonds. The van der Waals surface area contributed by atoms with Crippen molar-refractivity contribution >= 4 is 24.2 Å². The molecule has 0 radical (unpaired) electrons. The van der Waals surface area contributed by atoms with Gasteiger partial charge < -0.3 is 19.0 Å². The van der Waals surface area contributed by atoms with Gasteiger partial charge in [0, 0.05) is 19.3 Å². The van der Waals surface area contributed by atoms with Crippen molar-refractivity contribution in [1.82, 2.24) is 0 Å². The minimum absolute atomic E-state index is 0.0987. The van der Waals surface area contributed by atoms with Crippen LogP contribution in [0.4, 0.5) is 0 Å². The summed E-state index contributed by atoms with van der Waals surface area (Å²) in [5.41, 5.74) is 0. The van der Waals surface area contributed by atoms with E-state index < -0.39 is 6.10 Å². The van der Waals surface area contributed by atoms with Gasteiger partial charge >= 0.3 is 17.9 Å². The molecule has 0 rings (SSSR count). The molecule has 312 valence electrons. The van der Waals surface area contributed by atoms with E-state index in [9.17, 15) is 19.2 Å². The number of ether oxygens (including phenoxy) is 3. The lowest BCUT2D eigenvalue weighted by Gasteiger charge is -2.20. The first-order valence-electron chi connectivity index (χ1n) is 22.9. The van der Waals surface area contributed by atoms with Crippen molar-refractivity contribution in [3.05, 3.63) is 0 Å². The molecule has 0 aliphatic carbocycles. The van der Waals surface area contributed by atoms with Gasteiger partial charge in [-0.15, -0.1) is 0 Å². The van der Waals surface area contributed by atoms with Gasteiger partial charge in [0.05, 0.1) is 5.92 Å². The van der Waals surface area contributed by atoms with E-state index in [2.05, 4.69) is 13.8 Å². The summed E-state index contributed by atoms with van der Waals surface area (Å²) in [5.74, 6) is -1.24. The van der Waals surface area contributed by atoms with Crippen molar-refractivity contribution in [2.24, 2.45) is 5.92 Å². The molecule has 7 heteroatoms. The zero-order chi connectivity index (χ0) is 38.9. The highest BCUT2D eigenvalue weighted by Gasteiger charge is 2.23. The number of rotatable bonds is 42. The first kappa shape index (κ1) is 51.1. The lowest BCUT2D eigenvalue weighted by molar-refractivity contribution is -0.169. The number of hydrogen-bond donors (Lipinski definition) is 0. The fourth-order valence-electron chi connectivity index (χ4n) is 6.81. The summed E-state index contributed by atoms with van der Waals surface area (Å²) in [6.45, 7) is 6.17. The van der Waals surface area contributed by atoms with Crippen molar-refractivity contribution in [1.29, 1.82) is 0 Å². The molecule has 1 atom stereocenters. The molecule has 0 aromatic heterocycles. The highest BCUT2D eigenvalue weighted by atomic mass is 16.6. The Balaban J connectivity index is 4.38. The largest absolute Gasteiger partial charge is 0.462 e. The minimum atomic E-state index is -0.806. The summed E-state index contributed by atoms with van der Waals surface area (Å²) in [5, 5.41) is 0. The first-order chi connectivity index (χ1) is 25.9. The monoisotopic (exact) mass is 751 g/mol. The summed E-state index contributed by atoms with van der Waals surface area (Å²) >= 11 is 0. The molecule has 0 N–H and O–H groups in total. The van der Waals surface area contributed by atoms with Gasteiger partial charge in [0.25, 0.3) is 0 Å². The van der Waals surface area contributed by atoms with E-state index in [4.69, 9.17) is 14.2 Å². The third-order valence-corrected chi connectivity index (χ3v) is 10.5. The highest BCUT2D eigenvalue weighted by Crippen LogP contribution is 2.17. The Kier molecular flexibility index (Phi) is 39.8.